The van der Waals surface area contributed by atoms with Crippen LogP contribution in [0.2, 0.25) is 0 Å². The van der Waals surface area contributed by atoms with E-state index in [4.69, 9.17) is 5.26 Å². The normalized spacial score (nSPS) is 12.5. The van der Waals surface area contributed by atoms with Crippen molar-refractivity contribution in [2.45, 2.75) is 0 Å². The summed E-state index contributed by atoms with van der Waals surface area (Å²) in [5.74, 6) is -1.09. The summed E-state index contributed by atoms with van der Waals surface area (Å²) in [5.41, 5.74) is 1.48. The predicted molar refractivity (Wildman–Crippen MR) is 84.2 cm³/mol. The van der Waals surface area contributed by atoms with Crippen LogP contribution < -0.4 is 0 Å². The highest BCUT2D eigenvalue weighted by Gasteiger charge is 2.07. The molecule has 0 atom stereocenters. The van der Waals surface area contributed by atoms with Crippen LogP contribution in [0.5, 0.6) is 0 Å². The van der Waals surface area contributed by atoms with E-state index in [-0.39, 0.29) is 5.57 Å². The zero-order valence-corrected chi connectivity index (χ0v) is 11.4. The minimum atomic E-state index is -1.09. The van der Waals surface area contributed by atoms with Crippen molar-refractivity contribution in [1.29, 1.82) is 5.26 Å². The Morgan fingerprint density at radius 3 is 2.48 bits per heavy atom. The zero-order chi connectivity index (χ0) is 15.5. The molecule has 3 heteroatoms. The Hall–Kier alpha value is -3.12. The Morgan fingerprint density at radius 2 is 1.90 bits per heavy atom. The maximum absolute atomic E-state index is 11.3. The number of allylic oxidation sites excluding steroid dienone is 6. The molecular weight excluding hydrogens is 262 g/mol. The van der Waals surface area contributed by atoms with Gasteiger partial charge in [-0.3, -0.25) is 0 Å². The Bertz CT molecular complexity index is 656. The highest BCUT2D eigenvalue weighted by molar-refractivity contribution is 5.92. The standard InChI is InChI=1S/C18H15NO2/c1-2-3-10-16(17(18(20)21)11-7-14-19)13-12-15-8-5-4-6-9-15/h2-13H,1H2,(H,20,21). The van der Waals surface area contributed by atoms with Crippen LogP contribution in [0, 0.1) is 11.3 Å². The van der Waals surface area contributed by atoms with Crippen molar-refractivity contribution >= 4 is 12.0 Å². The molecule has 0 amide bonds. The fourth-order valence-electron chi connectivity index (χ4n) is 1.57. The number of hydrogen-bond acceptors (Lipinski definition) is 2. The number of rotatable bonds is 6. The summed E-state index contributed by atoms with van der Waals surface area (Å²) in [7, 11) is 0. The van der Waals surface area contributed by atoms with Crippen molar-refractivity contribution < 1.29 is 9.90 Å². The second kappa shape index (κ2) is 8.89. The molecule has 0 aliphatic rings. The molecule has 21 heavy (non-hydrogen) atoms. The van der Waals surface area contributed by atoms with E-state index in [1.807, 2.05) is 36.4 Å². The third kappa shape index (κ3) is 5.58. The minimum Gasteiger partial charge on any atom is -0.478 e. The van der Waals surface area contributed by atoms with Crippen molar-refractivity contribution in [2.75, 3.05) is 0 Å². The van der Waals surface area contributed by atoms with Gasteiger partial charge in [0.2, 0.25) is 0 Å². The number of carboxylic acids is 1. The fourth-order valence-corrected chi connectivity index (χ4v) is 1.57. The van der Waals surface area contributed by atoms with E-state index < -0.39 is 5.97 Å². The van der Waals surface area contributed by atoms with E-state index in [0.29, 0.717) is 5.57 Å². The number of hydrogen-bond donors (Lipinski definition) is 1. The van der Waals surface area contributed by atoms with Crippen LogP contribution in [0.3, 0.4) is 0 Å². The number of carboxylic acid groups (broad SMARTS) is 1. The van der Waals surface area contributed by atoms with Gasteiger partial charge in [0.05, 0.1) is 11.6 Å². The number of benzene rings is 1. The van der Waals surface area contributed by atoms with Gasteiger partial charge in [0.25, 0.3) is 0 Å². The Labute approximate surface area is 124 Å². The highest BCUT2D eigenvalue weighted by Crippen LogP contribution is 2.13. The van der Waals surface area contributed by atoms with Crippen LogP contribution in [0.25, 0.3) is 6.08 Å². The molecule has 0 aliphatic heterocycles. The summed E-state index contributed by atoms with van der Waals surface area (Å²) in [5, 5.41) is 17.8. The maximum atomic E-state index is 11.3. The second-order valence-corrected chi connectivity index (χ2v) is 3.98. The highest BCUT2D eigenvalue weighted by atomic mass is 16.4. The molecule has 0 radical (unpaired) electrons. The van der Waals surface area contributed by atoms with Crippen molar-refractivity contribution in [1.82, 2.24) is 0 Å². The Morgan fingerprint density at radius 1 is 1.19 bits per heavy atom. The lowest BCUT2D eigenvalue weighted by molar-refractivity contribution is -0.132. The molecular formula is C18H15NO2. The molecule has 1 N–H and O–H groups in total. The molecule has 0 saturated heterocycles. The molecule has 0 aromatic heterocycles. The third-order valence-electron chi connectivity index (χ3n) is 2.53. The van der Waals surface area contributed by atoms with Crippen molar-refractivity contribution in [3.05, 3.63) is 90.1 Å². The van der Waals surface area contributed by atoms with E-state index in [1.165, 1.54) is 6.08 Å². The van der Waals surface area contributed by atoms with E-state index in [9.17, 15) is 9.90 Å². The molecule has 0 aliphatic carbocycles. The quantitative estimate of drug-likeness (QED) is 0.487. The summed E-state index contributed by atoms with van der Waals surface area (Å²) in [4.78, 5) is 11.3. The van der Waals surface area contributed by atoms with Gasteiger partial charge in [0, 0.05) is 6.08 Å². The van der Waals surface area contributed by atoms with Crippen molar-refractivity contribution in [3.63, 3.8) is 0 Å². The van der Waals surface area contributed by atoms with Gasteiger partial charge in [-0.2, -0.15) is 5.26 Å². The summed E-state index contributed by atoms with van der Waals surface area (Å²) >= 11 is 0. The molecule has 0 fully saturated rings. The molecule has 1 rings (SSSR count). The van der Waals surface area contributed by atoms with Gasteiger partial charge in [0.15, 0.2) is 0 Å². The molecule has 1 aromatic rings. The van der Waals surface area contributed by atoms with Gasteiger partial charge < -0.3 is 5.11 Å². The van der Waals surface area contributed by atoms with Crippen LogP contribution >= 0.6 is 0 Å². The molecule has 1 aromatic carbocycles. The average molecular weight is 277 g/mol. The second-order valence-electron chi connectivity index (χ2n) is 3.98. The molecule has 104 valence electrons. The molecule has 0 heterocycles. The number of carbonyl (C=O) groups is 1. The first-order valence-electron chi connectivity index (χ1n) is 6.25. The first-order valence-corrected chi connectivity index (χ1v) is 6.25. The van der Waals surface area contributed by atoms with Crippen molar-refractivity contribution in [3.8, 4) is 6.07 Å². The van der Waals surface area contributed by atoms with Crippen molar-refractivity contribution in [2.24, 2.45) is 0 Å². The van der Waals surface area contributed by atoms with Gasteiger partial charge in [0.1, 0.15) is 0 Å². The molecule has 3 nitrogen and oxygen atoms in total. The molecule has 0 unspecified atom stereocenters. The summed E-state index contributed by atoms with van der Waals surface area (Å²) in [6.45, 7) is 3.57. The van der Waals surface area contributed by atoms with E-state index in [0.717, 1.165) is 11.6 Å². The van der Waals surface area contributed by atoms with Gasteiger partial charge >= 0.3 is 5.97 Å². The van der Waals surface area contributed by atoms with Crippen LogP contribution in [0.1, 0.15) is 5.56 Å². The monoisotopic (exact) mass is 277 g/mol. The number of nitriles is 1. The van der Waals surface area contributed by atoms with Crippen LogP contribution in [-0.4, -0.2) is 11.1 Å². The Kier molecular flexibility index (Phi) is 6.75. The van der Waals surface area contributed by atoms with Crippen LogP contribution in [-0.2, 0) is 4.79 Å². The molecule has 0 saturated carbocycles. The van der Waals surface area contributed by atoms with Crippen LogP contribution in [0.15, 0.2) is 84.5 Å². The number of aliphatic carboxylic acids is 1. The summed E-state index contributed by atoms with van der Waals surface area (Å²) in [6.07, 6.45) is 10.8. The smallest absolute Gasteiger partial charge is 0.336 e. The summed E-state index contributed by atoms with van der Waals surface area (Å²) in [6, 6.07) is 11.3. The minimum absolute atomic E-state index is 0.0434. The van der Waals surface area contributed by atoms with Gasteiger partial charge in [-0.15, -0.1) is 0 Å². The van der Waals surface area contributed by atoms with E-state index in [2.05, 4.69) is 6.58 Å². The van der Waals surface area contributed by atoms with Gasteiger partial charge in [-0.1, -0.05) is 67.3 Å². The first-order chi connectivity index (χ1) is 10.2. The lowest BCUT2D eigenvalue weighted by Gasteiger charge is -2.00. The Balaban J connectivity index is 3.26. The van der Waals surface area contributed by atoms with Gasteiger partial charge in [-0.25, -0.2) is 4.79 Å². The average Bonchev–Trinajstić information content (AvgIpc) is 2.50. The lowest BCUT2D eigenvalue weighted by atomic mass is 10.0. The lowest BCUT2D eigenvalue weighted by Crippen LogP contribution is -2.00. The zero-order valence-electron chi connectivity index (χ0n) is 11.4. The third-order valence-corrected chi connectivity index (χ3v) is 2.53. The van der Waals surface area contributed by atoms with E-state index in [1.54, 1.807) is 30.4 Å². The van der Waals surface area contributed by atoms with E-state index >= 15 is 0 Å². The maximum Gasteiger partial charge on any atom is 0.336 e. The first kappa shape index (κ1) is 15.9. The molecule has 0 bridgehead atoms. The summed E-state index contributed by atoms with van der Waals surface area (Å²) < 4.78 is 0. The molecule has 0 spiro atoms. The fraction of sp³-hybridized carbons (Fsp3) is 0. The van der Waals surface area contributed by atoms with Gasteiger partial charge in [-0.05, 0) is 17.2 Å². The topological polar surface area (TPSA) is 61.1 Å². The predicted octanol–water partition coefficient (Wildman–Crippen LogP) is 3.90. The SMILES string of the molecule is C=CC=CC(C=Cc1ccccc1)=C(C=CC#N)C(=O)O. The largest absolute Gasteiger partial charge is 0.478 e. The number of nitrogens with zero attached hydrogens (tertiary/aromatic N) is 1. The van der Waals surface area contributed by atoms with Crippen LogP contribution in [0.4, 0.5) is 0 Å².